The van der Waals surface area contributed by atoms with Crippen molar-refractivity contribution in [2.24, 2.45) is 17.8 Å². The van der Waals surface area contributed by atoms with E-state index in [2.05, 4.69) is 16.8 Å². The van der Waals surface area contributed by atoms with Crippen molar-refractivity contribution in [2.75, 3.05) is 22.9 Å². The van der Waals surface area contributed by atoms with E-state index in [9.17, 15) is 9.59 Å². The van der Waals surface area contributed by atoms with E-state index in [0.717, 1.165) is 17.7 Å². The number of carboxylic acids is 1. The lowest BCUT2D eigenvalue weighted by atomic mass is 10.1. The molecule has 1 amide bonds. The molecule has 5 rings (SSSR count). The van der Waals surface area contributed by atoms with Gasteiger partial charge in [0.15, 0.2) is 5.82 Å². The molecule has 3 fully saturated rings. The van der Waals surface area contributed by atoms with E-state index in [4.69, 9.17) is 21.7 Å². The van der Waals surface area contributed by atoms with Crippen LogP contribution in [0.5, 0.6) is 0 Å². The van der Waals surface area contributed by atoms with Crippen LogP contribution in [0.25, 0.3) is 10.2 Å². The highest BCUT2D eigenvalue weighted by Crippen LogP contribution is 2.55. The molecule has 7 nitrogen and oxygen atoms in total. The van der Waals surface area contributed by atoms with Crippen LogP contribution in [0.3, 0.4) is 0 Å². The average Bonchev–Trinajstić information content (AvgIpc) is 2.91. The first kappa shape index (κ1) is 16.3. The van der Waals surface area contributed by atoms with Gasteiger partial charge in [-0.15, -0.1) is 11.3 Å². The van der Waals surface area contributed by atoms with Crippen molar-refractivity contribution in [1.82, 2.24) is 9.97 Å². The van der Waals surface area contributed by atoms with Crippen molar-refractivity contribution in [3.8, 4) is 0 Å². The van der Waals surface area contributed by atoms with Crippen LogP contribution in [-0.2, 0) is 9.59 Å². The summed E-state index contributed by atoms with van der Waals surface area (Å²) >= 11 is 7.75. The lowest BCUT2D eigenvalue weighted by molar-refractivity contribution is -0.137. The number of nitrogens with zero attached hydrogens (tertiary/aromatic N) is 4. The van der Waals surface area contributed by atoms with Gasteiger partial charge in [-0.1, -0.05) is 11.6 Å². The first-order valence-corrected chi connectivity index (χ1v) is 9.96. The predicted molar refractivity (Wildman–Crippen MR) is 98.9 cm³/mol. The average molecular weight is 393 g/mol. The molecule has 0 aromatic carbocycles. The fourth-order valence-corrected chi connectivity index (χ4v) is 5.39. The summed E-state index contributed by atoms with van der Waals surface area (Å²) in [6, 6.07) is 0.375. The molecular formula is C17H17ClN4O3S. The van der Waals surface area contributed by atoms with Gasteiger partial charge >= 0.3 is 5.97 Å². The monoisotopic (exact) mass is 392 g/mol. The van der Waals surface area contributed by atoms with Crippen molar-refractivity contribution >= 4 is 56.8 Å². The number of hydrogen-bond acceptors (Lipinski definition) is 6. The Balaban J connectivity index is 1.51. The molecule has 4 atom stereocenters. The van der Waals surface area contributed by atoms with Gasteiger partial charge in [-0.05, 0) is 25.2 Å². The Morgan fingerprint density at radius 1 is 1.46 bits per heavy atom. The van der Waals surface area contributed by atoms with E-state index in [-0.39, 0.29) is 30.1 Å². The number of carbonyl (C=O) groups excluding carboxylic acids is 1. The molecule has 3 unspecified atom stereocenters. The summed E-state index contributed by atoms with van der Waals surface area (Å²) in [6.07, 6.45) is 1.16. The molecule has 9 heteroatoms. The van der Waals surface area contributed by atoms with E-state index < -0.39 is 5.97 Å². The molecule has 3 aliphatic rings. The third-order valence-electron chi connectivity index (χ3n) is 5.86. The van der Waals surface area contributed by atoms with Crippen molar-refractivity contribution < 1.29 is 14.7 Å². The summed E-state index contributed by atoms with van der Waals surface area (Å²) in [4.78, 5) is 37.0. The number of hydrogen-bond donors (Lipinski definition) is 1. The number of fused-ring (bicyclic) bond motifs is 2. The van der Waals surface area contributed by atoms with E-state index in [1.54, 1.807) is 4.90 Å². The fraction of sp³-hybridized carbons (Fsp3) is 0.529. The Labute approximate surface area is 158 Å². The zero-order chi connectivity index (χ0) is 18.2. The molecule has 1 N–H and O–H groups in total. The van der Waals surface area contributed by atoms with Gasteiger partial charge < -0.3 is 10.0 Å². The number of rotatable bonds is 4. The minimum Gasteiger partial charge on any atom is -0.481 e. The third kappa shape index (κ3) is 2.24. The maximum atomic E-state index is 12.8. The zero-order valence-electron chi connectivity index (χ0n) is 14.1. The van der Waals surface area contributed by atoms with E-state index in [0.29, 0.717) is 34.9 Å². The van der Waals surface area contributed by atoms with Gasteiger partial charge in [0, 0.05) is 36.9 Å². The van der Waals surface area contributed by atoms with Crippen molar-refractivity contribution in [3.63, 3.8) is 0 Å². The lowest BCUT2D eigenvalue weighted by Gasteiger charge is -2.39. The molecule has 0 bridgehead atoms. The molecule has 0 radical (unpaired) electrons. The summed E-state index contributed by atoms with van der Waals surface area (Å²) in [5, 5.41) is 11.4. The number of thiophene rings is 1. The molecule has 1 aliphatic carbocycles. The van der Waals surface area contributed by atoms with Gasteiger partial charge in [0.1, 0.15) is 5.52 Å². The second-order valence-corrected chi connectivity index (χ2v) is 8.63. The maximum Gasteiger partial charge on any atom is 0.303 e. The standard InChI is InChI=1S/C17H17ClN4O3S/c1-7-2-3-21(7)17-19-13-10(18)6-26-14(13)15(20-17)22-5-9-8(4-11(23)24)12(9)16(22)25/h6-9,12H,2-5H2,1H3,(H,23,24)/t7-,8?,9?,12?/m0/s1. The number of anilines is 2. The van der Waals surface area contributed by atoms with Crippen LogP contribution in [-0.4, -0.2) is 46.1 Å². The number of aliphatic carboxylic acids is 1. The Bertz CT molecular complexity index is 947. The predicted octanol–water partition coefficient (Wildman–Crippen LogP) is 2.63. The Hall–Kier alpha value is -1.93. The third-order valence-corrected chi connectivity index (χ3v) is 7.24. The smallest absolute Gasteiger partial charge is 0.303 e. The van der Waals surface area contributed by atoms with Crippen LogP contribution in [0.1, 0.15) is 19.8 Å². The summed E-state index contributed by atoms with van der Waals surface area (Å²) in [5.74, 6) is 0.272. The molecule has 4 heterocycles. The van der Waals surface area contributed by atoms with Gasteiger partial charge in [-0.25, -0.2) is 4.98 Å². The van der Waals surface area contributed by atoms with Crippen LogP contribution >= 0.6 is 22.9 Å². The number of halogens is 1. The van der Waals surface area contributed by atoms with Gasteiger partial charge in [-0.2, -0.15) is 4.98 Å². The van der Waals surface area contributed by atoms with Crippen molar-refractivity contribution in [2.45, 2.75) is 25.8 Å². The molecular weight excluding hydrogens is 376 g/mol. The minimum absolute atomic E-state index is 0.0200. The van der Waals surface area contributed by atoms with Crippen molar-refractivity contribution in [1.29, 1.82) is 0 Å². The highest BCUT2D eigenvalue weighted by molar-refractivity contribution is 7.18. The number of aromatic nitrogens is 2. The van der Waals surface area contributed by atoms with Crippen LogP contribution in [0.15, 0.2) is 5.38 Å². The molecule has 2 saturated heterocycles. The summed E-state index contributed by atoms with van der Waals surface area (Å²) < 4.78 is 0.816. The van der Waals surface area contributed by atoms with Crippen LogP contribution in [0.4, 0.5) is 11.8 Å². The molecule has 136 valence electrons. The van der Waals surface area contributed by atoms with E-state index >= 15 is 0 Å². The van der Waals surface area contributed by atoms with E-state index in [1.807, 2.05) is 5.38 Å². The molecule has 26 heavy (non-hydrogen) atoms. The maximum absolute atomic E-state index is 12.8. The van der Waals surface area contributed by atoms with Crippen LogP contribution < -0.4 is 9.80 Å². The van der Waals surface area contributed by atoms with Gasteiger partial charge in [-0.3, -0.25) is 14.5 Å². The first-order chi connectivity index (χ1) is 12.5. The SMILES string of the molecule is C[C@H]1CCN1c1nc(N2CC3C(CC(=O)O)C3C2=O)c2scc(Cl)c2n1. The van der Waals surface area contributed by atoms with Crippen LogP contribution in [0, 0.1) is 17.8 Å². The normalized spacial score (nSPS) is 29.8. The quantitative estimate of drug-likeness (QED) is 0.860. The Kier molecular flexibility index (Phi) is 3.46. The topological polar surface area (TPSA) is 86.6 Å². The second-order valence-electron chi connectivity index (χ2n) is 7.34. The largest absolute Gasteiger partial charge is 0.481 e. The Morgan fingerprint density at radius 2 is 2.27 bits per heavy atom. The number of carbonyl (C=O) groups is 2. The van der Waals surface area contributed by atoms with Gasteiger partial charge in [0.25, 0.3) is 0 Å². The van der Waals surface area contributed by atoms with Crippen molar-refractivity contribution in [3.05, 3.63) is 10.4 Å². The van der Waals surface area contributed by atoms with Gasteiger partial charge in [0.2, 0.25) is 11.9 Å². The van der Waals surface area contributed by atoms with Crippen LogP contribution in [0.2, 0.25) is 5.02 Å². The highest BCUT2D eigenvalue weighted by atomic mass is 35.5. The highest BCUT2D eigenvalue weighted by Gasteiger charge is 2.62. The Morgan fingerprint density at radius 3 is 2.85 bits per heavy atom. The molecule has 0 spiro atoms. The number of amides is 1. The molecule has 2 aliphatic heterocycles. The fourth-order valence-electron chi connectivity index (χ4n) is 4.20. The number of piperidine rings is 1. The summed E-state index contributed by atoms with van der Waals surface area (Å²) in [6.45, 7) is 3.55. The second kappa shape index (κ2) is 5.53. The molecule has 1 saturated carbocycles. The minimum atomic E-state index is -0.840. The first-order valence-electron chi connectivity index (χ1n) is 8.70. The summed E-state index contributed by atoms with van der Waals surface area (Å²) in [5.41, 5.74) is 0.686. The number of carboxylic acid groups (broad SMARTS) is 1. The zero-order valence-corrected chi connectivity index (χ0v) is 15.6. The summed E-state index contributed by atoms with van der Waals surface area (Å²) in [7, 11) is 0. The lowest BCUT2D eigenvalue weighted by Crippen LogP contribution is -2.47. The molecule has 2 aromatic heterocycles. The van der Waals surface area contributed by atoms with E-state index in [1.165, 1.54) is 11.3 Å². The van der Waals surface area contributed by atoms with Gasteiger partial charge in [0.05, 0.1) is 9.72 Å². The molecule has 2 aromatic rings.